The fourth-order valence-electron chi connectivity index (χ4n) is 1.77. The molecule has 2 rings (SSSR count). The van der Waals surface area contributed by atoms with E-state index in [-0.39, 0.29) is 19.0 Å². The summed E-state index contributed by atoms with van der Waals surface area (Å²) in [5.41, 5.74) is 6.56. The second-order valence-electron chi connectivity index (χ2n) is 4.25. The quantitative estimate of drug-likeness (QED) is 0.596. The topological polar surface area (TPSA) is 95.7 Å². The van der Waals surface area contributed by atoms with Gasteiger partial charge in [-0.2, -0.15) is 0 Å². The largest absolute Gasteiger partial charge is 0.397 e. The third-order valence-electron chi connectivity index (χ3n) is 2.77. The third-order valence-corrected chi connectivity index (χ3v) is 2.77. The van der Waals surface area contributed by atoms with Crippen LogP contribution in [0.5, 0.6) is 0 Å². The smallest absolute Gasteiger partial charge is 0.327 e. The summed E-state index contributed by atoms with van der Waals surface area (Å²) in [7, 11) is 1.51. The number of amides is 4. The summed E-state index contributed by atoms with van der Waals surface area (Å²) in [5, 5.41) is 2.56. The van der Waals surface area contributed by atoms with Crippen molar-refractivity contribution in [2.24, 2.45) is 0 Å². The summed E-state index contributed by atoms with van der Waals surface area (Å²) in [5.74, 6) is -0.849. The van der Waals surface area contributed by atoms with Gasteiger partial charge in [0, 0.05) is 7.05 Å². The normalized spacial score (nSPS) is 15.0. The highest BCUT2D eigenvalue weighted by Crippen LogP contribution is 2.17. The summed E-state index contributed by atoms with van der Waals surface area (Å²) < 4.78 is 0. The molecule has 1 fully saturated rings. The Hall–Kier alpha value is -2.57. The number of likely N-dealkylation sites (N-methyl/N-ethyl adjacent to an activating group) is 1. The van der Waals surface area contributed by atoms with Crippen LogP contribution in [0.4, 0.5) is 16.2 Å². The van der Waals surface area contributed by atoms with Crippen molar-refractivity contribution in [3.63, 3.8) is 0 Å². The Labute approximate surface area is 110 Å². The lowest BCUT2D eigenvalue weighted by Gasteiger charge is -2.14. The number of carbonyl (C=O) groups excluding carboxylic acids is 3. The molecular weight excluding hydrogens is 248 g/mol. The average Bonchev–Trinajstić information content (AvgIpc) is 2.59. The van der Waals surface area contributed by atoms with E-state index in [2.05, 4.69) is 5.32 Å². The minimum atomic E-state index is -0.471. The maximum absolute atomic E-state index is 11.8. The number of rotatable bonds is 3. The fraction of sp³-hybridized carbons (Fsp3) is 0.250. The first-order valence-corrected chi connectivity index (χ1v) is 5.69. The molecule has 0 bridgehead atoms. The molecule has 1 aliphatic heterocycles. The molecule has 0 saturated carbocycles. The molecule has 4 amide bonds. The van der Waals surface area contributed by atoms with E-state index in [0.717, 1.165) is 4.90 Å². The van der Waals surface area contributed by atoms with Crippen molar-refractivity contribution in [1.82, 2.24) is 9.80 Å². The zero-order valence-electron chi connectivity index (χ0n) is 10.4. The molecule has 0 aromatic heterocycles. The SMILES string of the molecule is CN1CC(=O)N(CC(=O)Nc2ccccc2N)C1=O. The zero-order chi connectivity index (χ0) is 14.0. The average molecular weight is 262 g/mol. The first kappa shape index (κ1) is 12.9. The van der Waals surface area contributed by atoms with Gasteiger partial charge >= 0.3 is 6.03 Å². The molecule has 1 heterocycles. The van der Waals surface area contributed by atoms with E-state index in [9.17, 15) is 14.4 Å². The van der Waals surface area contributed by atoms with Crippen LogP contribution in [0.3, 0.4) is 0 Å². The number of anilines is 2. The molecule has 0 unspecified atom stereocenters. The van der Waals surface area contributed by atoms with Gasteiger partial charge in [-0.25, -0.2) is 4.79 Å². The van der Waals surface area contributed by atoms with E-state index in [1.807, 2.05) is 0 Å². The highest BCUT2D eigenvalue weighted by molar-refractivity contribution is 6.06. The predicted octanol–water partition coefficient (Wildman–Crippen LogP) is 0.101. The van der Waals surface area contributed by atoms with Gasteiger partial charge in [-0.05, 0) is 12.1 Å². The minimum Gasteiger partial charge on any atom is -0.397 e. The summed E-state index contributed by atoms with van der Waals surface area (Å²) in [6, 6.07) is 6.29. The van der Waals surface area contributed by atoms with Gasteiger partial charge in [0.05, 0.1) is 11.4 Å². The number of para-hydroxylation sites is 2. The first-order chi connectivity index (χ1) is 8.99. The van der Waals surface area contributed by atoms with E-state index < -0.39 is 11.9 Å². The first-order valence-electron chi connectivity index (χ1n) is 5.69. The lowest BCUT2D eigenvalue weighted by atomic mass is 10.2. The van der Waals surface area contributed by atoms with E-state index in [1.54, 1.807) is 24.3 Å². The van der Waals surface area contributed by atoms with Gasteiger partial charge < -0.3 is 16.0 Å². The Morgan fingerprint density at radius 2 is 2.05 bits per heavy atom. The molecule has 100 valence electrons. The summed E-state index contributed by atoms with van der Waals surface area (Å²) in [4.78, 5) is 37.1. The number of imide groups is 1. The van der Waals surface area contributed by atoms with Crippen LogP contribution < -0.4 is 11.1 Å². The molecule has 7 heteroatoms. The van der Waals surface area contributed by atoms with Crippen LogP contribution in [0, 0.1) is 0 Å². The van der Waals surface area contributed by atoms with Crippen LogP contribution in [0.1, 0.15) is 0 Å². The number of hydrogen-bond acceptors (Lipinski definition) is 4. The fourth-order valence-corrected chi connectivity index (χ4v) is 1.77. The van der Waals surface area contributed by atoms with Crippen LogP contribution in [-0.2, 0) is 9.59 Å². The number of hydrogen-bond donors (Lipinski definition) is 2. The summed E-state index contributed by atoms with van der Waals surface area (Å²) in [6.45, 7) is -0.310. The molecule has 1 aromatic rings. The molecule has 1 saturated heterocycles. The van der Waals surface area contributed by atoms with Crippen molar-refractivity contribution < 1.29 is 14.4 Å². The third kappa shape index (κ3) is 2.65. The van der Waals surface area contributed by atoms with E-state index in [1.165, 1.54) is 11.9 Å². The highest BCUT2D eigenvalue weighted by Gasteiger charge is 2.34. The molecule has 0 atom stereocenters. The van der Waals surface area contributed by atoms with Crippen LogP contribution in [-0.4, -0.2) is 47.8 Å². The Kier molecular flexibility index (Phi) is 3.37. The zero-order valence-corrected chi connectivity index (χ0v) is 10.4. The molecular formula is C12H14N4O3. The number of benzene rings is 1. The number of carbonyl (C=O) groups is 3. The maximum atomic E-state index is 11.8. The number of nitrogens with two attached hydrogens (primary N) is 1. The summed E-state index contributed by atoms with van der Waals surface area (Å²) in [6.07, 6.45) is 0. The highest BCUT2D eigenvalue weighted by atomic mass is 16.2. The van der Waals surface area contributed by atoms with Crippen molar-refractivity contribution in [2.45, 2.75) is 0 Å². The molecule has 0 radical (unpaired) electrons. The molecule has 19 heavy (non-hydrogen) atoms. The Morgan fingerprint density at radius 1 is 1.37 bits per heavy atom. The van der Waals surface area contributed by atoms with Crippen molar-refractivity contribution in [3.05, 3.63) is 24.3 Å². The Morgan fingerprint density at radius 3 is 2.63 bits per heavy atom. The maximum Gasteiger partial charge on any atom is 0.327 e. The Bertz CT molecular complexity index is 544. The molecule has 0 spiro atoms. The van der Waals surface area contributed by atoms with E-state index in [0.29, 0.717) is 11.4 Å². The van der Waals surface area contributed by atoms with Gasteiger partial charge in [0.25, 0.3) is 5.91 Å². The van der Waals surface area contributed by atoms with Gasteiger partial charge in [0.15, 0.2) is 0 Å². The number of nitrogens with zero attached hydrogens (tertiary/aromatic N) is 2. The molecule has 7 nitrogen and oxygen atoms in total. The predicted molar refractivity (Wildman–Crippen MR) is 69.2 cm³/mol. The van der Waals surface area contributed by atoms with Crippen molar-refractivity contribution in [3.8, 4) is 0 Å². The standard InChI is InChI=1S/C12H14N4O3/c1-15-7-11(18)16(12(15)19)6-10(17)14-9-5-3-2-4-8(9)13/h2-5H,6-7,13H2,1H3,(H,14,17). The molecule has 0 aliphatic carbocycles. The lowest BCUT2D eigenvalue weighted by molar-refractivity contribution is -0.129. The second kappa shape index (κ2) is 4.97. The van der Waals surface area contributed by atoms with Gasteiger partial charge in [-0.1, -0.05) is 12.1 Å². The molecule has 1 aromatic carbocycles. The van der Waals surface area contributed by atoms with Crippen LogP contribution >= 0.6 is 0 Å². The van der Waals surface area contributed by atoms with Crippen molar-refractivity contribution >= 4 is 29.2 Å². The summed E-state index contributed by atoms with van der Waals surface area (Å²) >= 11 is 0. The van der Waals surface area contributed by atoms with Crippen LogP contribution in [0.15, 0.2) is 24.3 Å². The van der Waals surface area contributed by atoms with Gasteiger partial charge in [-0.15, -0.1) is 0 Å². The molecule has 1 aliphatic rings. The van der Waals surface area contributed by atoms with E-state index in [4.69, 9.17) is 5.73 Å². The Balaban J connectivity index is 2.01. The number of nitrogens with one attached hydrogen (secondary N) is 1. The van der Waals surface area contributed by atoms with Gasteiger partial charge in [-0.3, -0.25) is 14.5 Å². The molecule has 3 N–H and O–H groups in total. The van der Waals surface area contributed by atoms with Crippen molar-refractivity contribution in [2.75, 3.05) is 31.2 Å². The van der Waals surface area contributed by atoms with Crippen molar-refractivity contribution in [1.29, 1.82) is 0 Å². The number of nitrogen functional groups attached to an aromatic ring is 1. The minimum absolute atomic E-state index is 0.000408. The van der Waals surface area contributed by atoms with Gasteiger partial charge in [0.2, 0.25) is 5.91 Å². The van der Waals surface area contributed by atoms with Crippen LogP contribution in [0.2, 0.25) is 0 Å². The second-order valence-corrected chi connectivity index (χ2v) is 4.25. The van der Waals surface area contributed by atoms with Gasteiger partial charge in [0.1, 0.15) is 13.1 Å². The van der Waals surface area contributed by atoms with E-state index >= 15 is 0 Å². The lowest BCUT2D eigenvalue weighted by Crippen LogP contribution is -2.38. The van der Waals surface area contributed by atoms with Crippen LogP contribution in [0.25, 0.3) is 0 Å². The number of urea groups is 1. The monoisotopic (exact) mass is 262 g/mol.